The normalized spacial score (nSPS) is 10.6. The van der Waals surface area contributed by atoms with Crippen LogP contribution in [-0.2, 0) is 5.33 Å². The topological polar surface area (TPSA) is 49.9 Å². The number of carbonyl (C=O) groups excluding carboxylic acids is 1. The lowest BCUT2D eigenvalue weighted by atomic mass is 10.1. The molecule has 0 spiro atoms. The maximum Gasteiger partial charge on any atom is 0.269 e. The van der Waals surface area contributed by atoms with Gasteiger partial charge in [0.15, 0.2) is 6.29 Å². The van der Waals surface area contributed by atoms with E-state index >= 15 is 0 Å². The van der Waals surface area contributed by atoms with Crippen molar-refractivity contribution < 1.29 is 13.6 Å². The zero-order valence-corrected chi connectivity index (χ0v) is 8.48. The van der Waals surface area contributed by atoms with Gasteiger partial charge in [0.05, 0.1) is 11.1 Å². The van der Waals surface area contributed by atoms with Crippen LogP contribution in [0.1, 0.15) is 28.0 Å². The number of aromatic amines is 1. The van der Waals surface area contributed by atoms with Gasteiger partial charge in [0.2, 0.25) is 5.43 Å². The van der Waals surface area contributed by atoms with E-state index in [1.165, 1.54) is 0 Å². The molecule has 1 heterocycles. The summed E-state index contributed by atoms with van der Waals surface area (Å²) in [6, 6.07) is 0. The average Bonchev–Trinajstić information content (AvgIpc) is 2.16. The van der Waals surface area contributed by atoms with E-state index in [4.69, 9.17) is 0 Å². The van der Waals surface area contributed by atoms with E-state index in [1.807, 2.05) is 0 Å². The minimum Gasteiger partial charge on any atom is -0.363 e. The summed E-state index contributed by atoms with van der Waals surface area (Å²) in [7, 11) is 0. The summed E-state index contributed by atoms with van der Waals surface area (Å²) in [4.78, 5) is 24.1. The Hall–Kier alpha value is -1.04. The highest BCUT2D eigenvalue weighted by molar-refractivity contribution is 9.08. The zero-order chi connectivity index (χ0) is 10.7. The van der Waals surface area contributed by atoms with Crippen molar-refractivity contribution in [3.63, 3.8) is 0 Å². The smallest absolute Gasteiger partial charge is 0.269 e. The highest BCUT2D eigenvalue weighted by Crippen LogP contribution is 2.19. The minimum absolute atomic E-state index is 0.0931. The molecular formula is C8H6BrF2NO2. The molecule has 3 nitrogen and oxygen atoms in total. The number of carbonyl (C=O) groups is 1. The first kappa shape index (κ1) is 11.0. The first-order valence-electron chi connectivity index (χ1n) is 3.65. The van der Waals surface area contributed by atoms with E-state index in [9.17, 15) is 18.4 Å². The summed E-state index contributed by atoms with van der Waals surface area (Å²) in [5.41, 5.74) is -1.75. The molecule has 0 fully saturated rings. The number of rotatable bonds is 3. The number of aldehydes is 1. The number of nitrogens with one attached hydrogen (secondary N) is 1. The van der Waals surface area contributed by atoms with E-state index < -0.39 is 17.4 Å². The molecule has 0 aliphatic heterocycles. The largest absolute Gasteiger partial charge is 0.363 e. The van der Waals surface area contributed by atoms with Gasteiger partial charge in [-0.05, 0) is 0 Å². The predicted octanol–water partition coefficient (Wildman–Crippen LogP) is 2.02. The van der Waals surface area contributed by atoms with Crippen LogP contribution in [0.5, 0.6) is 0 Å². The Morgan fingerprint density at radius 2 is 2.21 bits per heavy atom. The summed E-state index contributed by atoms with van der Waals surface area (Å²) in [6.45, 7) is 0. The second kappa shape index (κ2) is 4.45. The lowest BCUT2D eigenvalue weighted by Gasteiger charge is -2.05. The van der Waals surface area contributed by atoms with Gasteiger partial charge in [-0.3, -0.25) is 9.59 Å². The molecule has 76 valence electrons. The average molecular weight is 266 g/mol. The summed E-state index contributed by atoms with van der Waals surface area (Å²) in [6.07, 6.45) is -1.51. The van der Waals surface area contributed by atoms with E-state index in [2.05, 4.69) is 20.9 Å². The molecule has 0 aromatic carbocycles. The molecule has 6 heteroatoms. The first-order chi connectivity index (χ1) is 6.61. The van der Waals surface area contributed by atoms with Crippen molar-refractivity contribution in [1.82, 2.24) is 4.98 Å². The van der Waals surface area contributed by atoms with Gasteiger partial charge >= 0.3 is 0 Å². The molecule has 1 N–H and O–H groups in total. The molecule has 1 aromatic heterocycles. The third-order valence-corrected chi connectivity index (χ3v) is 2.27. The summed E-state index contributed by atoms with van der Waals surface area (Å²) in [5, 5.41) is 0.112. The summed E-state index contributed by atoms with van der Waals surface area (Å²) >= 11 is 2.97. The van der Waals surface area contributed by atoms with Gasteiger partial charge in [0.25, 0.3) is 6.43 Å². The molecule has 0 unspecified atom stereocenters. The molecule has 14 heavy (non-hydrogen) atoms. The lowest BCUT2D eigenvalue weighted by molar-refractivity contribution is 0.112. The fourth-order valence-electron chi connectivity index (χ4n) is 1.03. The Morgan fingerprint density at radius 3 is 2.64 bits per heavy atom. The lowest BCUT2D eigenvalue weighted by Crippen LogP contribution is -2.18. The quantitative estimate of drug-likeness (QED) is 0.672. The van der Waals surface area contributed by atoms with E-state index in [0.29, 0.717) is 0 Å². The van der Waals surface area contributed by atoms with Crippen molar-refractivity contribution in [3.8, 4) is 0 Å². The van der Waals surface area contributed by atoms with Crippen molar-refractivity contribution in [1.29, 1.82) is 0 Å². The van der Waals surface area contributed by atoms with Crippen molar-refractivity contribution in [2.75, 3.05) is 0 Å². The predicted molar refractivity (Wildman–Crippen MR) is 50.0 cm³/mol. The van der Waals surface area contributed by atoms with Gasteiger partial charge in [0.1, 0.15) is 0 Å². The third kappa shape index (κ3) is 1.89. The maximum atomic E-state index is 12.4. The third-order valence-electron chi connectivity index (χ3n) is 1.71. The number of alkyl halides is 3. The zero-order valence-electron chi connectivity index (χ0n) is 6.89. The Labute approximate surface area is 86.3 Å². The number of halogens is 3. The summed E-state index contributed by atoms with van der Waals surface area (Å²) < 4.78 is 24.9. The molecule has 0 saturated heterocycles. The number of H-pyrrole nitrogens is 1. The molecule has 0 aliphatic carbocycles. The SMILES string of the molecule is O=Cc1c[nH]c(CBr)c(C(F)F)c1=O. The first-order valence-corrected chi connectivity index (χ1v) is 4.77. The van der Waals surface area contributed by atoms with E-state index in [0.717, 1.165) is 6.20 Å². The molecule has 0 radical (unpaired) electrons. The number of aromatic nitrogens is 1. The number of hydrogen-bond donors (Lipinski definition) is 1. The Kier molecular flexibility index (Phi) is 3.51. The molecule has 0 amide bonds. The van der Waals surface area contributed by atoms with Gasteiger partial charge in [-0.2, -0.15) is 0 Å². The molecule has 0 saturated carbocycles. The van der Waals surface area contributed by atoms with Gasteiger partial charge in [-0.15, -0.1) is 0 Å². The van der Waals surface area contributed by atoms with Crippen LogP contribution >= 0.6 is 15.9 Å². The van der Waals surface area contributed by atoms with Crippen LogP contribution in [0.25, 0.3) is 0 Å². The highest BCUT2D eigenvalue weighted by Gasteiger charge is 2.19. The standard InChI is InChI=1S/C8H6BrF2NO2/c9-1-5-6(8(10)11)7(14)4(3-13)2-12-5/h2-3,8H,1H2,(H,12,14). The second-order valence-corrected chi connectivity index (χ2v) is 3.08. The second-order valence-electron chi connectivity index (χ2n) is 2.52. The van der Waals surface area contributed by atoms with Gasteiger partial charge in [0, 0.05) is 17.2 Å². The van der Waals surface area contributed by atoms with E-state index in [-0.39, 0.29) is 22.9 Å². The van der Waals surface area contributed by atoms with Crippen molar-refractivity contribution >= 4 is 22.2 Å². The minimum atomic E-state index is -2.88. The summed E-state index contributed by atoms with van der Waals surface area (Å²) in [5.74, 6) is 0. The van der Waals surface area contributed by atoms with Crippen molar-refractivity contribution in [3.05, 3.63) is 33.2 Å². The van der Waals surface area contributed by atoms with E-state index in [1.54, 1.807) is 0 Å². The van der Waals surface area contributed by atoms with Gasteiger partial charge < -0.3 is 4.98 Å². The molecule has 1 rings (SSSR count). The van der Waals surface area contributed by atoms with Crippen LogP contribution in [0.4, 0.5) is 8.78 Å². The van der Waals surface area contributed by atoms with Crippen LogP contribution in [0.3, 0.4) is 0 Å². The number of pyridine rings is 1. The molecule has 0 atom stereocenters. The fraction of sp³-hybridized carbons (Fsp3) is 0.250. The van der Waals surface area contributed by atoms with Gasteiger partial charge in [-0.25, -0.2) is 8.78 Å². The monoisotopic (exact) mass is 265 g/mol. The van der Waals surface area contributed by atoms with Crippen molar-refractivity contribution in [2.45, 2.75) is 11.8 Å². The molecular weight excluding hydrogens is 260 g/mol. The van der Waals surface area contributed by atoms with Crippen LogP contribution in [0.15, 0.2) is 11.0 Å². The Morgan fingerprint density at radius 1 is 1.57 bits per heavy atom. The molecule has 0 bridgehead atoms. The fourth-order valence-corrected chi connectivity index (χ4v) is 1.49. The molecule has 1 aromatic rings. The maximum absolute atomic E-state index is 12.4. The van der Waals surface area contributed by atoms with Crippen LogP contribution < -0.4 is 5.43 Å². The Balaban J connectivity index is 3.47. The van der Waals surface area contributed by atoms with Gasteiger partial charge in [-0.1, -0.05) is 15.9 Å². The van der Waals surface area contributed by atoms with Crippen LogP contribution in [-0.4, -0.2) is 11.3 Å². The molecule has 0 aliphatic rings. The highest BCUT2D eigenvalue weighted by atomic mass is 79.9. The number of hydrogen-bond acceptors (Lipinski definition) is 2. The van der Waals surface area contributed by atoms with Crippen molar-refractivity contribution in [2.24, 2.45) is 0 Å². The van der Waals surface area contributed by atoms with Crippen LogP contribution in [0.2, 0.25) is 0 Å². The Bertz CT molecular complexity index is 403. The van der Waals surface area contributed by atoms with Crippen LogP contribution in [0, 0.1) is 0 Å².